The van der Waals surface area contributed by atoms with E-state index in [1.165, 1.54) is 0 Å². The van der Waals surface area contributed by atoms with E-state index in [1.54, 1.807) is 19.2 Å². The number of rotatable bonds is 2. The number of benzene rings is 1. The second-order valence-corrected chi connectivity index (χ2v) is 5.04. The van der Waals surface area contributed by atoms with Gasteiger partial charge in [0, 0.05) is 22.8 Å². The number of hydrogen-bond donors (Lipinski definition) is 1. The minimum atomic E-state index is 0.598. The van der Waals surface area contributed by atoms with E-state index < -0.39 is 0 Å². The van der Waals surface area contributed by atoms with Gasteiger partial charge in [0.05, 0.1) is 7.11 Å². The first-order chi connectivity index (χ1) is 9.60. The van der Waals surface area contributed by atoms with Crippen LogP contribution in [-0.2, 0) is 0 Å². The zero-order chi connectivity index (χ0) is 14.3. The van der Waals surface area contributed by atoms with Crippen LogP contribution in [-0.4, -0.2) is 16.5 Å². The maximum atomic E-state index is 6.17. The summed E-state index contributed by atoms with van der Waals surface area (Å²) in [6, 6.07) is 9.46. The lowest BCUT2D eigenvalue weighted by molar-refractivity contribution is 0.412. The topological polar surface area (TPSA) is 52.5 Å². The Balaban J connectivity index is 2.19. The van der Waals surface area contributed by atoms with Gasteiger partial charge < -0.3 is 10.5 Å². The number of methoxy groups -OCH3 is 1. The van der Waals surface area contributed by atoms with Crippen LogP contribution in [0.1, 0.15) is 5.56 Å². The first-order valence-electron chi connectivity index (χ1n) is 6.18. The normalized spacial score (nSPS) is 10.9. The Kier molecular flexibility index (Phi) is 3.03. The van der Waals surface area contributed by atoms with Crippen molar-refractivity contribution in [2.45, 2.75) is 6.92 Å². The SMILES string of the molecule is COc1ccc(-c2nc3cc(Cl)ccn3c2N)cc1C. The minimum Gasteiger partial charge on any atom is -0.496 e. The highest BCUT2D eigenvalue weighted by molar-refractivity contribution is 6.30. The molecule has 2 aromatic heterocycles. The molecule has 2 heterocycles. The van der Waals surface area contributed by atoms with Crippen LogP contribution in [0.2, 0.25) is 5.02 Å². The molecule has 0 aliphatic carbocycles. The average molecular weight is 288 g/mol. The van der Waals surface area contributed by atoms with Crippen LogP contribution in [0.3, 0.4) is 0 Å². The highest BCUT2D eigenvalue weighted by Gasteiger charge is 2.12. The number of pyridine rings is 1. The van der Waals surface area contributed by atoms with E-state index in [0.717, 1.165) is 28.2 Å². The van der Waals surface area contributed by atoms with Gasteiger partial charge in [-0.15, -0.1) is 0 Å². The Morgan fingerprint density at radius 2 is 2.05 bits per heavy atom. The Morgan fingerprint density at radius 1 is 1.25 bits per heavy atom. The summed E-state index contributed by atoms with van der Waals surface area (Å²) >= 11 is 5.98. The number of nitrogens with zero attached hydrogens (tertiary/aromatic N) is 2. The lowest BCUT2D eigenvalue weighted by atomic mass is 10.1. The molecular formula is C15H14ClN3O. The summed E-state index contributed by atoms with van der Waals surface area (Å²) in [4.78, 5) is 4.55. The van der Waals surface area contributed by atoms with Crippen LogP contribution in [0.15, 0.2) is 36.5 Å². The van der Waals surface area contributed by atoms with E-state index >= 15 is 0 Å². The first kappa shape index (κ1) is 12.8. The number of halogens is 1. The van der Waals surface area contributed by atoms with Crippen molar-refractivity contribution in [3.05, 3.63) is 47.1 Å². The van der Waals surface area contributed by atoms with E-state index in [4.69, 9.17) is 22.1 Å². The predicted molar refractivity (Wildman–Crippen MR) is 81.3 cm³/mol. The zero-order valence-corrected chi connectivity index (χ0v) is 12.0. The number of nitrogen functional groups attached to an aromatic ring is 1. The molecule has 3 aromatic rings. The van der Waals surface area contributed by atoms with Gasteiger partial charge >= 0.3 is 0 Å². The van der Waals surface area contributed by atoms with Gasteiger partial charge in [-0.25, -0.2) is 4.98 Å². The van der Waals surface area contributed by atoms with Gasteiger partial charge in [0.25, 0.3) is 0 Å². The molecule has 0 bridgehead atoms. The van der Waals surface area contributed by atoms with Crippen molar-refractivity contribution in [3.8, 4) is 17.0 Å². The molecule has 2 N–H and O–H groups in total. The molecule has 5 heteroatoms. The third kappa shape index (κ3) is 1.98. The maximum absolute atomic E-state index is 6.17. The number of anilines is 1. The number of fused-ring (bicyclic) bond motifs is 1. The molecule has 0 spiro atoms. The van der Waals surface area contributed by atoms with E-state index in [1.807, 2.05) is 35.7 Å². The van der Waals surface area contributed by atoms with Crippen LogP contribution in [0.5, 0.6) is 5.75 Å². The number of ether oxygens (including phenoxy) is 1. The molecule has 0 unspecified atom stereocenters. The second-order valence-electron chi connectivity index (χ2n) is 4.60. The highest BCUT2D eigenvalue weighted by atomic mass is 35.5. The molecule has 0 fully saturated rings. The highest BCUT2D eigenvalue weighted by Crippen LogP contribution is 2.30. The van der Waals surface area contributed by atoms with Crippen LogP contribution < -0.4 is 10.5 Å². The lowest BCUT2D eigenvalue weighted by Crippen LogP contribution is -1.94. The maximum Gasteiger partial charge on any atom is 0.140 e. The van der Waals surface area contributed by atoms with E-state index in [2.05, 4.69) is 4.98 Å². The van der Waals surface area contributed by atoms with Crippen LogP contribution in [0.25, 0.3) is 16.9 Å². The Hall–Kier alpha value is -2.20. The number of hydrogen-bond acceptors (Lipinski definition) is 3. The molecule has 0 saturated heterocycles. The lowest BCUT2D eigenvalue weighted by Gasteiger charge is -2.06. The average Bonchev–Trinajstić information content (AvgIpc) is 2.75. The molecular weight excluding hydrogens is 274 g/mol. The Morgan fingerprint density at radius 3 is 2.75 bits per heavy atom. The van der Waals surface area contributed by atoms with Crippen molar-refractivity contribution >= 4 is 23.1 Å². The van der Waals surface area contributed by atoms with E-state index in [0.29, 0.717) is 10.8 Å². The molecule has 0 saturated carbocycles. The molecule has 0 radical (unpaired) electrons. The fourth-order valence-corrected chi connectivity index (χ4v) is 2.43. The van der Waals surface area contributed by atoms with Crippen molar-refractivity contribution in [1.82, 2.24) is 9.38 Å². The summed E-state index contributed by atoms with van der Waals surface area (Å²) in [6.07, 6.45) is 1.82. The number of nitrogens with two attached hydrogens (primary N) is 1. The standard InChI is InChI=1S/C15H14ClN3O/c1-9-7-10(3-4-12(9)20-2)14-15(17)19-6-5-11(16)8-13(19)18-14/h3-8H,17H2,1-2H3. The van der Waals surface area contributed by atoms with Crippen molar-refractivity contribution in [2.24, 2.45) is 0 Å². The van der Waals surface area contributed by atoms with Crippen LogP contribution in [0.4, 0.5) is 5.82 Å². The molecule has 3 rings (SSSR count). The Labute approximate surface area is 121 Å². The summed E-state index contributed by atoms with van der Waals surface area (Å²) in [6.45, 7) is 1.99. The van der Waals surface area contributed by atoms with Gasteiger partial charge in [0.15, 0.2) is 0 Å². The largest absolute Gasteiger partial charge is 0.496 e. The number of aromatic nitrogens is 2. The third-order valence-electron chi connectivity index (χ3n) is 3.29. The summed E-state index contributed by atoms with van der Waals surface area (Å²) in [7, 11) is 1.66. The number of imidazole rings is 1. The fraction of sp³-hybridized carbons (Fsp3) is 0.133. The predicted octanol–water partition coefficient (Wildman–Crippen LogP) is 3.55. The molecule has 0 aliphatic heterocycles. The van der Waals surface area contributed by atoms with Crippen LogP contribution >= 0.6 is 11.6 Å². The molecule has 1 aromatic carbocycles. The summed E-state index contributed by atoms with van der Waals surface area (Å²) in [5.74, 6) is 1.44. The molecule has 102 valence electrons. The van der Waals surface area contributed by atoms with Gasteiger partial charge in [-0.2, -0.15) is 0 Å². The van der Waals surface area contributed by atoms with E-state index in [-0.39, 0.29) is 0 Å². The first-order valence-corrected chi connectivity index (χ1v) is 6.56. The van der Waals surface area contributed by atoms with E-state index in [9.17, 15) is 0 Å². The zero-order valence-electron chi connectivity index (χ0n) is 11.2. The van der Waals surface area contributed by atoms with Crippen molar-refractivity contribution in [3.63, 3.8) is 0 Å². The summed E-state index contributed by atoms with van der Waals surface area (Å²) < 4.78 is 7.09. The smallest absolute Gasteiger partial charge is 0.140 e. The number of aryl methyl sites for hydroxylation is 1. The molecule has 0 amide bonds. The van der Waals surface area contributed by atoms with Gasteiger partial charge in [-0.1, -0.05) is 11.6 Å². The third-order valence-corrected chi connectivity index (χ3v) is 3.53. The van der Waals surface area contributed by atoms with Gasteiger partial charge in [0.1, 0.15) is 22.9 Å². The van der Waals surface area contributed by atoms with Crippen molar-refractivity contribution < 1.29 is 4.74 Å². The van der Waals surface area contributed by atoms with Gasteiger partial charge in [-0.05, 0) is 36.8 Å². The molecule has 0 atom stereocenters. The molecule has 0 aliphatic rings. The minimum absolute atomic E-state index is 0.598. The summed E-state index contributed by atoms with van der Waals surface area (Å²) in [5.41, 5.74) is 9.65. The quantitative estimate of drug-likeness (QED) is 0.784. The molecule has 20 heavy (non-hydrogen) atoms. The fourth-order valence-electron chi connectivity index (χ4n) is 2.28. The van der Waals surface area contributed by atoms with Gasteiger partial charge in [0.2, 0.25) is 0 Å². The van der Waals surface area contributed by atoms with Crippen molar-refractivity contribution in [2.75, 3.05) is 12.8 Å². The molecule has 4 nitrogen and oxygen atoms in total. The monoisotopic (exact) mass is 287 g/mol. The second kappa shape index (κ2) is 4.72. The Bertz CT molecular complexity index is 795. The van der Waals surface area contributed by atoms with Gasteiger partial charge in [-0.3, -0.25) is 4.40 Å². The summed E-state index contributed by atoms with van der Waals surface area (Å²) in [5, 5.41) is 0.639. The van der Waals surface area contributed by atoms with Crippen LogP contribution in [0, 0.1) is 6.92 Å². The van der Waals surface area contributed by atoms with Crippen molar-refractivity contribution in [1.29, 1.82) is 0 Å².